The monoisotopic (exact) mass is 577 g/mol. The summed E-state index contributed by atoms with van der Waals surface area (Å²) in [7, 11) is 0. The summed E-state index contributed by atoms with van der Waals surface area (Å²) in [6, 6.07) is 47.6. The van der Waals surface area contributed by atoms with Gasteiger partial charge in [0.2, 0.25) is 5.95 Å². The molecular formula is C40H23N3O2. The molecule has 4 aromatic heterocycles. The summed E-state index contributed by atoms with van der Waals surface area (Å²) >= 11 is 0. The smallest absolute Gasteiger partial charge is 0.235 e. The lowest BCUT2D eigenvalue weighted by atomic mass is 10.0. The molecule has 210 valence electrons. The Hall–Kier alpha value is -6.20. The van der Waals surface area contributed by atoms with E-state index in [1.807, 2.05) is 60.7 Å². The van der Waals surface area contributed by atoms with Crippen LogP contribution in [0.15, 0.2) is 148 Å². The molecular weight excluding hydrogens is 554 g/mol. The summed E-state index contributed by atoms with van der Waals surface area (Å²) in [4.78, 5) is 10.5. The van der Waals surface area contributed by atoms with Crippen molar-refractivity contribution < 1.29 is 8.83 Å². The maximum atomic E-state index is 6.63. The van der Waals surface area contributed by atoms with Gasteiger partial charge in [-0.2, -0.15) is 0 Å². The number of fused-ring (bicyclic) bond motifs is 12. The van der Waals surface area contributed by atoms with Gasteiger partial charge in [-0.1, -0.05) is 115 Å². The summed E-state index contributed by atoms with van der Waals surface area (Å²) in [6.45, 7) is 0. The van der Waals surface area contributed by atoms with E-state index >= 15 is 0 Å². The zero-order chi connectivity index (χ0) is 29.5. The Morgan fingerprint density at radius 2 is 0.933 bits per heavy atom. The number of para-hydroxylation sites is 3. The highest BCUT2D eigenvalue weighted by Crippen LogP contribution is 2.48. The third-order valence-corrected chi connectivity index (χ3v) is 8.81. The molecule has 45 heavy (non-hydrogen) atoms. The fourth-order valence-electron chi connectivity index (χ4n) is 6.88. The van der Waals surface area contributed by atoms with Crippen molar-refractivity contribution in [3.05, 3.63) is 140 Å². The molecule has 0 N–H and O–H groups in total. The molecule has 5 nitrogen and oxygen atoms in total. The van der Waals surface area contributed by atoms with Crippen molar-refractivity contribution >= 4 is 65.7 Å². The molecule has 0 spiro atoms. The number of rotatable bonds is 3. The second-order valence-electron chi connectivity index (χ2n) is 11.4. The Bertz CT molecular complexity index is 2700. The number of hydrogen-bond acceptors (Lipinski definition) is 4. The Morgan fingerprint density at radius 3 is 1.56 bits per heavy atom. The zero-order valence-electron chi connectivity index (χ0n) is 23.9. The molecule has 0 bridgehead atoms. The standard InChI is InChI=1S/C40H23N3O2/c1-3-13-24(14-4-1)29-23-30(25-15-5-2-6-16-25)42-40(41-29)43-31-20-10-7-17-26(31)34-35-27-18-8-11-21-32(27)44-38(35)39-36(37(34)43)28-19-9-12-22-33(28)45-39/h1-23H. The fourth-order valence-corrected chi connectivity index (χ4v) is 6.88. The Morgan fingerprint density at radius 1 is 0.444 bits per heavy atom. The minimum absolute atomic E-state index is 0.597. The average molecular weight is 578 g/mol. The molecule has 0 saturated heterocycles. The highest BCUT2D eigenvalue weighted by atomic mass is 16.4. The van der Waals surface area contributed by atoms with E-state index in [-0.39, 0.29) is 0 Å². The second kappa shape index (κ2) is 9.15. The molecule has 0 aliphatic heterocycles. The first-order valence-corrected chi connectivity index (χ1v) is 15.0. The lowest BCUT2D eigenvalue weighted by molar-refractivity contribution is 0.633. The van der Waals surface area contributed by atoms with Gasteiger partial charge in [-0.15, -0.1) is 0 Å². The molecule has 0 unspecified atom stereocenters. The summed E-state index contributed by atoms with van der Waals surface area (Å²) in [6.07, 6.45) is 0. The molecule has 0 atom stereocenters. The van der Waals surface area contributed by atoms with Crippen molar-refractivity contribution in [1.29, 1.82) is 0 Å². The van der Waals surface area contributed by atoms with Gasteiger partial charge in [-0.3, -0.25) is 4.57 Å². The Kier molecular flexibility index (Phi) is 4.93. The quantitative estimate of drug-likeness (QED) is 0.210. The van der Waals surface area contributed by atoms with Crippen molar-refractivity contribution in [3.63, 3.8) is 0 Å². The van der Waals surface area contributed by atoms with Crippen LogP contribution in [0.25, 0.3) is 94.1 Å². The van der Waals surface area contributed by atoms with Gasteiger partial charge in [-0.25, -0.2) is 9.97 Å². The van der Waals surface area contributed by atoms with Crippen LogP contribution in [0, 0.1) is 0 Å². The molecule has 4 heterocycles. The third kappa shape index (κ3) is 3.43. The first-order chi connectivity index (χ1) is 22.3. The van der Waals surface area contributed by atoms with Gasteiger partial charge in [0, 0.05) is 38.1 Å². The molecule has 10 rings (SSSR count). The van der Waals surface area contributed by atoms with Crippen LogP contribution in [0.3, 0.4) is 0 Å². The van der Waals surface area contributed by atoms with Gasteiger partial charge in [-0.05, 0) is 24.3 Å². The van der Waals surface area contributed by atoms with Crippen LogP contribution in [-0.4, -0.2) is 14.5 Å². The number of furan rings is 2. The van der Waals surface area contributed by atoms with E-state index in [2.05, 4.69) is 83.4 Å². The van der Waals surface area contributed by atoms with Crippen LogP contribution in [0.4, 0.5) is 0 Å². The van der Waals surface area contributed by atoms with Crippen LogP contribution in [0.1, 0.15) is 0 Å². The minimum Gasteiger partial charge on any atom is -0.452 e. The van der Waals surface area contributed by atoms with Gasteiger partial charge in [0.15, 0.2) is 11.2 Å². The van der Waals surface area contributed by atoms with E-state index in [1.165, 1.54) is 0 Å². The highest BCUT2D eigenvalue weighted by Gasteiger charge is 2.27. The third-order valence-electron chi connectivity index (χ3n) is 8.81. The van der Waals surface area contributed by atoms with Crippen molar-refractivity contribution in [2.45, 2.75) is 0 Å². The fraction of sp³-hybridized carbons (Fsp3) is 0. The maximum Gasteiger partial charge on any atom is 0.235 e. The molecule has 0 fully saturated rings. The van der Waals surface area contributed by atoms with E-state index in [0.29, 0.717) is 5.95 Å². The zero-order valence-corrected chi connectivity index (χ0v) is 23.9. The summed E-state index contributed by atoms with van der Waals surface area (Å²) < 4.78 is 15.4. The van der Waals surface area contributed by atoms with E-state index < -0.39 is 0 Å². The molecule has 10 aromatic rings. The topological polar surface area (TPSA) is 57.0 Å². The SMILES string of the molecule is c1ccc(-c2cc(-c3ccccc3)nc(-n3c4ccccc4c4c5c6ccccc6oc5c5oc6ccccc6c5c43)n2)cc1. The first kappa shape index (κ1) is 24.3. The van der Waals surface area contributed by atoms with Crippen LogP contribution >= 0.6 is 0 Å². The molecule has 0 aliphatic rings. The number of benzene rings is 6. The Balaban J connectivity index is 1.46. The maximum absolute atomic E-state index is 6.63. The summed E-state index contributed by atoms with van der Waals surface area (Å²) in [5.74, 6) is 0.597. The highest BCUT2D eigenvalue weighted by molar-refractivity contribution is 6.38. The molecule has 0 radical (unpaired) electrons. The number of hydrogen-bond donors (Lipinski definition) is 0. The number of aromatic nitrogens is 3. The first-order valence-electron chi connectivity index (χ1n) is 15.0. The van der Waals surface area contributed by atoms with Crippen LogP contribution in [0.5, 0.6) is 0 Å². The van der Waals surface area contributed by atoms with E-state index in [4.69, 9.17) is 18.8 Å². The summed E-state index contributed by atoms with van der Waals surface area (Å²) in [5, 5.41) is 6.28. The Labute approximate surface area is 256 Å². The van der Waals surface area contributed by atoms with Crippen molar-refractivity contribution in [2.24, 2.45) is 0 Å². The normalized spacial score (nSPS) is 12.0. The second-order valence-corrected chi connectivity index (χ2v) is 11.4. The van der Waals surface area contributed by atoms with Crippen molar-refractivity contribution in [1.82, 2.24) is 14.5 Å². The molecule has 0 aliphatic carbocycles. The van der Waals surface area contributed by atoms with E-state index in [0.717, 1.165) is 88.2 Å². The van der Waals surface area contributed by atoms with Crippen LogP contribution < -0.4 is 0 Å². The predicted octanol–water partition coefficient (Wildman–Crippen LogP) is 10.7. The lowest BCUT2D eigenvalue weighted by Gasteiger charge is -2.12. The van der Waals surface area contributed by atoms with Crippen LogP contribution in [-0.2, 0) is 0 Å². The minimum atomic E-state index is 0.597. The van der Waals surface area contributed by atoms with Crippen molar-refractivity contribution in [3.8, 4) is 28.5 Å². The van der Waals surface area contributed by atoms with E-state index in [9.17, 15) is 0 Å². The van der Waals surface area contributed by atoms with Crippen LogP contribution in [0.2, 0.25) is 0 Å². The van der Waals surface area contributed by atoms with Crippen molar-refractivity contribution in [2.75, 3.05) is 0 Å². The predicted molar refractivity (Wildman–Crippen MR) is 182 cm³/mol. The number of nitrogens with zero attached hydrogens (tertiary/aromatic N) is 3. The van der Waals surface area contributed by atoms with Gasteiger partial charge >= 0.3 is 0 Å². The van der Waals surface area contributed by atoms with Gasteiger partial charge in [0.1, 0.15) is 11.2 Å². The van der Waals surface area contributed by atoms with Gasteiger partial charge in [0.05, 0.1) is 27.8 Å². The lowest BCUT2D eigenvalue weighted by Crippen LogP contribution is -2.04. The summed E-state index contributed by atoms with van der Waals surface area (Å²) in [5.41, 5.74) is 8.89. The average Bonchev–Trinajstić information content (AvgIpc) is 3.79. The molecule has 0 saturated carbocycles. The van der Waals surface area contributed by atoms with E-state index in [1.54, 1.807) is 0 Å². The largest absolute Gasteiger partial charge is 0.452 e. The molecule has 0 amide bonds. The molecule has 6 aromatic carbocycles. The van der Waals surface area contributed by atoms with Gasteiger partial charge in [0.25, 0.3) is 0 Å². The molecule has 5 heteroatoms. The van der Waals surface area contributed by atoms with Gasteiger partial charge < -0.3 is 8.83 Å².